The van der Waals surface area contributed by atoms with E-state index < -0.39 is 0 Å². The molecule has 72 heavy (non-hydrogen) atoms. The molecule has 4 saturated carbocycles. The molecule has 0 unspecified atom stereocenters. The molecule has 0 spiro atoms. The second kappa shape index (κ2) is 16.3. The largest absolute Gasteiger partial charge is 0.455 e. The van der Waals surface area contributed by atoms with Gasteiger partial charge in [0.05, 0.1) is 5.56 Å². The zero-order valence-corrected chi connectivity index (χ0v) is 39.8. The average Bonchev–Trinajstić information content (AvgIpc) is 4.02. The van der Waals surface area contributed by atoms with Crippen molar-refractivity contribution in [3.8, 4) is 78.7 Å². The van der Waals surface area contributed by atoms with Crippen LogP contribution in [0.5, 0.6) is 0 Å². The fourth-order valence-corrected chi connectivity index (χ4v) is 13.6. The zero-order valence-electron chi connectivity index (χ0n) is 39.8. The smallest absolute Gasteiger partial charge is 0.167 e. The maximum absolute atomic E-state index is 7.30. The highest BCUT2D eigenvalue weighted by Gasteiger charge is 2.51. The van der Waals surface area contributed by atoms with E-state index in [-0.39, 0.29) is 0 Å². The Bertz CT molecular complexity index is 3970. The lowest BCUT2D eigenvalue weighted by Crippen LogP contribution is -2.48. The summed E-state index contributed by atoms with van der Waals surface area (Å²) in [7, 11) is 0. The number of hydrogen-bond acceptors (Lipinski definition) is 5. The zero-order chi connectivity index (χ0) is 47.3. The van der Waals surface area contributed by atoms with Crippen LogP contribution < -0.4 is 0 Å². The van der Waals surface area contributed by atoms with Gasteiger partial charge in [-0.25, -0.2) is 15.0 Å². The summed E-state index contributed by atoms with van der Waals surface area (Å²) in [6.45, 7) is 0. The van der Waals surface area contributed by atoms with E-state index in [4.69, 9.17) is 23.8 Å². The molecule has 4 bridgehead atoms. The molecule has 5 heteroatoms. The Balaban J connectivity index is 0.961. The number of aromatic nitrogens is 3. The number of fused-ring (bicyclic) bond motifs is 6. The molecule has 9 aromatic carbocycles. The van der Waals surface area contributed by atoms with Gasteiger partial charge in [0.2, 0.25) is 0 Å². The van der Waals surface area contributed by atoms with Gasteiger partial charge in [-0.05, 0) is 137 Å². The first kappa shape index (κ1) is 41.4. The van der Waals surface area contributed by atoms with Gasteiger partial charge in [-0.2, -0.15) is 0 Å². The maximum atomic E-state index is 7.30. The van der Waals surface area contributed by atoms with Crippen LogP contribution in [0, 0.1) is 17.8 Å². The molecular weight excluding hydrogens is 879 g/mol. The van der Waals surface area contributed by atoms with E-state index in [9.17, 15) is 0 Å². The second-order valence-corrected chi connectivity index (χ2v) is 20.9. The third-order valence-electron chi connectivity index (χ3n) is 16.5. The quantitative estimate of drug-likeness (QED) is 0.152. The van der Waals surface area contributed by atoms with Crippen LogP contribution in [0.2, 0.25) is 0 Å². The van der Waals surface area contributed by atoms with Crippen LogP contribution in [0.1, 0.15) is 44.1 Å². The van der Waals surface area contributed by atoms with Crippen molar-refractivity contribution in [3.05, 3.63) is 212 Å². The van der Waals surface area contributed by atoms with E-state index in [0.29, 0.717) is 22.9 Å². The molecule has 0 aliphatic heterocycles. The number of benzene rings is 9. The van der Waals surface area contributed by atoms with E-state index >= 15 is 0 Å². The third-order valence-corrected chi connectivity index (χ3v) is 16.5. The average molecular weight is 928 g/mol. The van der Waals surface area contributed by atoms with E-state index in [1.165, 1.54) is 44.1 Å². The van der Waals surface area contributed by atoms with Gasteiger partial charge >= 0.3 is 0 Å². The van der Waals surface area contributed by atoms with Crippen molar-refractivity contribution in [2.75, 3.05) is 0 Å². The van der Waals surface area contributed by atoms with E-state index in [1.807, 2.05) is 30.3 Å². The third kappa shape index (κ3) is 6.86. The number of hydrogen-bond donors (Lipinski definition) is 0. The van der Waals surface area contributed by atoms with Gasteiger partial charge in [-0.1, -0.05) is 170 Å². The SMILES string of the molecule is c1ccc(-c2cc(-c3ccccc3)cc(-c3nc(-c4ccccc4)nc(-c4cc(-c5ccc(C67CC8CC(CC(C8)C6)C7)cc5)cc5c4oc4c(-c6cccc7c6oc6ccccc67)cccc45)n3)c2)cc1. The molecule has 3 aromatic heterocycles. The Morgan fingerprint density at radius 2 is 0.778 bits per heavy atom. The Kier molecular flexibility index (Phi) is 9.38. The summed E-state index contributed by atoms with van der Waals surface area (Å²) in [5, 5.41) is 4.19. The van der Waals surface area contributed by atoms with Gasteiger partial charge < -0.3 is 8.83 Å². The minimum Gasteiger partial charge on any atom is -0.455 e. The first-order valence-corrected chi connectivity index (χ1v) is 25.6. The highest BCUT2D eigenvalue weighted by Crippen LogP contribution is 2.61. The number of rotatable bonds is 8. The van der Waals surface area contributed by atoms with Crippen LogP contribution >= 0.6 is 0 Å². The second-order valence-electron chi connectivity index (χ2n) is 20.9. The molecule has 0 saturated heterocycles. The fourth-order valence-electron chi connectivity index (χ4n) is 13.6. The van der Waals surface area contributed by atoms with Crippen LogP contribution in [0.3, 0.4) is 0 Å². The summed E-state index contributed by atoms with van der Waals surface area (Å²) >= 11 is 0. The fraction of sp³-hybridized carbons (Fsp3) is 0.149. The molecule has 12 aromatic rings. The van der Waals surface area contributed by atoms with Gasteiger partial charge in [-0.3, -0.25) is 0 Å². The first-order valence-electron chi connectivity index (χ1n) is 25.6. The highest BCUT2D eigenvalue weighted by atomic mass is 16.3. The lowest BCUT2D eigenvalue weighted by molar-refractivity contribution is -0.00518. The van der Waals surface area contributed by atoms with E-state index in [1.54, 1.807) is 0 Å². The van der Waals surface area contributed by atoms with Crippen LogP contribution in [0.25, 0.3) is 123 Å². The Labute approximate surface area is 417 Å². The monoisotopic (exact) mass is 927 g/mol. The standard InChI is InChI=1S/C67H49N3O2/c1-4-14-44(15-5-1)48-33-49(45-16-6-2-7-17-45)35-51(34-48)65-68-64(47-18-8-3-9-19-47)69-66(70-65)59-37-50(46-26-28-52(29-27-46)67-38-41-30-42(39-67)32-43(31-41)40-67)36-58-57-24-13-23-56(62(57)72-63(58)59)55-22-12-21-54-53-20-10-11-25-60(53)71-61(54)55/h1-29,33-37,41-43H,30-32,38-40H2. The lowest BCUT2D eigenvalue weighted by Gasteiger charge is -2.57. The van der Waals surface area contributed by atoms with Crippen LogP contribution in [-0.4, -0.2) is 15.0 Å². The molecule has 0 N–H and O–H groups in total. The molecule has 4 aliphatic rings. The number of furan rings is 2. The van der Waals surface area contributed by atoms with Crippen molar-refractivity contribution in [1.82, 2.24) is 15.0 Å². The molecule has 5 nitrogen and oxygen atoms in total. The van der Waals surface area contributed by atoms with Gasteiger partial charge in [0.1, 0.15) is 22.3 Å². The number of para-hydroxylation sites is 3. The van der Waals surface area contributed by atoms with Crippen LogP contribution in [0.15, 0.2) is 215 Å². The lowest BCUT2D eigenvalue weighted by atomic mass is 9.48. The molecule has 0 radical (unpaired) electrons. The van der Waals surface area contributed by atoms with Crippen molar-refractivity contribution in [1.29, 1.82) is 0 Å². The summed E-state index contributed by atoms with van der Waals surface area (Å²) in [6, 6.07) is 73.3. The summed E-state index contributed by atoms with van der Waals surface area (Å²) < 4.78 is 13.9. The summed E-state index contributed by atoms with van der Waals surface area (Å²) in [4.78, 5) is 16.2. The highest BCUT2D eigenvalue weighted by molar-refractivity contribution is 6.17. The van der Waals surface area contributed by atoms with Gasteiger partial charge in [0.15, 0.2) is 17.5 Å². The molecule has 4 aliphatic carbocycles. The topological polar surface area (TPSA) is 65.0 Å². The van der Waals surface area contributed by atoms with E-state index in [0.717, 1.165) is 123 Å². The number of nitrogens with zero attached hydrogens (tertiary/aromatic N) is 3. The van der Waals surface area contributed by atoms with Gasteiger partial charge in [-0.15, -0.1) is 0 Å². The van der Waals surface area contributed by atoms with Crippen molar-refractivity contribution < 1.29 is 8.83 Å². The molecule has 3 heterocycles. The molecule has 344 valence electrons. The van der Waals surface area contributed by atoms with Crippen molar-refractivity contribution in [3.63, 3.8) is 0 Å². The Morgan fingerprint density at radius 3 is 1.40 bits per heavy atom. The molecule has 4 fully saturated rings. The van der Waals surface area contributed by atoms with Crippen molar-refractivity contribution in [2.24, 2.45) is 17.8 Å². The molecule has 16 rings (SSSR count). The van der Waals surface area contributed by atoms with Crippen LogP contribution in [-0.2, 0) is 5.41 Å². The van der Waals surface area contributed by atoms with Crippen LogP contribution in [0.4, 0.5) is 0 Å². The van der Waals surface area contributed by atoms with Crippen molar-refractivity contribution >= 4 is 43.9 Å². The summed E-state index contributed by atoms with van der Waals surface area (Å²) in [5.41, 5.74) is 16.3. The predicted octanol–water partition coefficient (Wildman–Crippen LogP) is 17.8. The minimum atomic E-state index is 0.315. The summed E-state index contributed by atoms with van der Waals surface area (Å²) in [6.07, 6.45) is 8.33. The van der Waals surface area contributed by atoms with E-state index in [2.05, 4.69) is 176 Å². The molecule has 0 atom stereocenters. The van der Waals surface area contributed by atoms with Gasteiger partial charge in [0.25, 0.3) is 0 Å². The molecular formula is C67H49N3O2. The Morgan fingerprint density at radius 1 is 0.319 bits per heavy atom. The predicted molar refractivity (Wildman–Crippen MR) is 292 cm³/mol. The van der Waals surface area contributed by atoms with Gasteiger partial charge in [0, 0.05) is 43.8 Å². The van der Waals surface area contributed by atoms with Crippen molar-refractivity contribution in [2.45, 2.75) is 43.9 Å². The summed E-state index contributed by atoms with van der Waals surface area (Å²) in [5.74, 6) is 4.37. The normalized spacial score (nSPS) is 19.2. The minimum absolute atomic E-state index is 0.315. The Hall–Kier alpha value is -8.41. The maximum Gasteiger partial charge on any atom is 0.167 e. The first-order chi connectivity index (χ1) is 35.6. The molecule has 0 amide bonds.